The van der Waals surface area contributed by atoms with Crippen LogP contribution in [0.1, 0.15) is 29.6 Å². The van der Waals surface area contributed by atoms with Crippen LogP contribution in [-0.2, 0) is 0 Å². The van der Waals surface area contributed by atoms with Crippen molar-refractivity contribution in [3.63, 3.8) is 0 Å². The predicted octanol–water partition coefficient (Wildman–Crippen LogP) is 2.36. The summed E-state index contributed by atoms with van der Waals surface area (Å²) in [5, 5.41) is 0. The standard InChI is InChI=1S/C20H30FN3O/c1-22-11-13-23(14-12-22)9-4-10-24-8-3-6-18(16-24)20(25)17-5-2-7-19(21)15-17/h2,5,7,15,18H,3-4,6,8-14,16H2,1H3. The van der Waals surface area contributed by atoms with Gasteiger partial charge in [0.1, 0.15) is 5.82 Å². The Kier molecular flexibility index (Phi) is 6.57. The number of rotatable bonds is 6. The van der Waals surface area contributed by atoms with E-state index in [1.54, 1.807) is 12.1 Å². The van der Waals surface area contributed by atoms with E-state index in [0.29, 0.717) is 5.56 Å². The van der Waals surface area contributed by atoms with Crippen LogP contribution >= 0.6 is 0 Å². The molecule has 4 nitrogen and oxygen atoms in total. The van der Waals surface area contributed by atoms with Crippen molar-refractivity contribution in [1.82, 2.24) is 14.7 Å². The third-order valence-electron chi connectivity index (χ3n) is 5.53. The molecule has 0 aromatic heterocycles. The number of ketones is 1. The molecule has 0 N–H and O–H groups in total. The van der Waals surface area contributed by atoms with E-state index in [0.717, 1.165) is 71.6 Å². The summed E-state index contributed by atoms with van der Waals surface area (Å²) in [6.45, 7) is 8.75. The minimum atomic E-state index is -0.328. The Hall–Kier alpha value is -1.30. The van der Waals surface area contributed by atoms with Gasteiger partial charge < -0.3 is 14.7 Å². The number of carbonyl (C=O) groups excluding carboxylic acids is 1. The number of carbonyl (C=O) groups is 1. The Labute approximate surface area is 150 Å². The van der Waals surface area contributed by atoms with Gasteiger partial charge in [-0.2, -0.15) is 0 Å². The van der Waals surface area contributed by atoms with Gasteiger partial charge in [-0.25, -0.2) is 4.39 Å². The van der Waals surface area contributed by atoms with Crippen molar-refractivity contribution in [1.29, 1.82) is 0 Å². The molecule has 1 unspecified atom stereocenters. The van der Waals surface area contributed by atoms with Crippen molar-refractivity contribution in [2.45, 2.75) is 19.3 Å². The van der Waals surface area contributed by atoms with Gasteiger partial charge in [0, 0.05) is 44.2 Å². The molecule has 0 spiro atoms. The molecular weight excluding hydrogens is 317 g/mol. The van der Waals surface area contributed by atoms with Gasteiger partial charge >= 0.3 is 0 Å². The quantitative estimate of drug-likeness (QED) is 0.738. The fraction of sp³-hybridized carbons (Fsp3) is 0.650. The Morgan fingerprint density at radius 2 is 1.88 bits per heavy atom. The van der Waals surface area contributed by atoms with Crippen molar-refractivity contribution >= 4 is 5.78 Å². The maximum absolute atomic E-state index is 13.4. The van der Waals surface area contributed by atoms with Gasteiger partial charge in [0.05, 0.1) is 0 Å². The van der Waals surface area contributed by atoms with Crippen LogP contribution in [0.25, 0.3) is 0 Å². The van der Waals surface area contributed by atoms with Crippen LogP contribution in [0, 0.1) is 11.7 Å². The number of benzene rings is 1. The van der Waals surface area contributed by atoms with Crippen molar-refractivity contribution in [2.24, 2.45) is 5.92 Å². The summed E-state index contributed by atoms with van der Waals surface area (Å²) in [5.74, 6) is -0.215. The van der Waals surface area contributed by atoms with Gasteiger partial charge in [-0.05, 0) is 58.1 Å². The van der Waals surface area contributed by atoms with Crippen LogP contribution in [0.5, 0.6) is 0 Å². The first-order chi connectivity index (χ1) is 12.1. The Morgan fingerprint density at radius 3 is 2.64 bits per heavy atom. The number of likely N-dealkylation sites (tertiary alicyclic amines) is 1. The van der Waals surface area contributed by atoms with Gasteiger partial charge in [0.25, 0.3) is 0 Å². The van der Waals surface area contributed by atoms with E-state index in [2.05, 4.69) is 21.7 Å². The van der Waals surface area contributed by atoms with Gasteiger partial charge in [0.2, 0.25) is 0 Å². The minimum Gasteiger partial charge on any atom is -0.304 e. The van der Waals surface area contributed by atoms with Crippen LogP contribution in [0.15, 0.2) is 24.3 Å². The molecule has 0 radical (unpaired) electrons. The van der Waals surface area contributed by atoms with E-state index in [4.69, 9.17) is 0 Å². The highest BCUT2D eigenvalue weighted by molar-refractivity contribution is 5.98. The highest BCUT2D eigenvalue weighted by Gasteiger charge is 2.26. The van der Waals surface area contributed by atoms with Crippen LogP contribution in [0.3, 0.4) is 0 Å². The summed E-state index contributed by atoms with van der Waals surface area (Å²) in [6.07, 6.45) is 3.13. The summed E-state index contributed by atoms with van der Waals surface area (Å²) in [4.78, 5) is 20.0. The van der Waals surface area contributed by atoms with Gasteiger partial charge in [-0.3, -0.25) is 4.79 Å². The molecule has 5 heteroatoms. The molecule has 1 aromatic rings. The Balaban J connectivity index is 1.44. The molecule has 2 fully saturated rings. The fourth-order valence-electron chi connectivity index (χ4n) is 3.94. The third kappa shape index (κ3) is 5.33. The maximum Gasteiger partial charge on any atom is 0.167 e. The van der Waals surface area contributed by atoms with Gasteiger partial charge in [-0.15, -0.1) is 0 Å². The molecule has 2 saturated heterocycles. The lowest BCUT2D eigenvalue weighted by Gasteiger charge is -2.34. The first-order valence-corrected chi connectivity index (χ1v) is 9.55. The molecule has 0 saturated carbocycles. The minimum absolute atomic E-state index is 0.0131. The largest absolute Gasteiger partial charge is 0.304 e. The first kappa shape index (κ1) is 18.5. The molecule has 25 heavy (non-hydrogen) atoms. The summed E-state index contributed by atoms with van der Waals surface area (Å²) in [7, 11) is 2.18. The molecular formula is C20H30FN3O. The number of piperidine rings is 1. The van der Waals surface area contributed by atoms with E-state index in [-0.39, 0.29) is 17.5 Å². The lowest BCUT2D eigenvalue weighted by atomic mass is 9.90. The molecule has 3 rings (SSSR count). The summed E-state index contributed by atoms with van der Waals surface area (Å²) in [5.41, 5.74) is 0.518. The summed E-state index contributed by atoms with van der Waals surface area (Å²) >= 11 is 0. The zero-order valence-electron chi connectivity index (χ0n) is 15.3. The molecule has 0 amide bonds. The average Bonchev–Trinajstić information content (AvgIpc) is 2.63. The molecule has 2 aliphatic rings. The fourth-order valence-corrected chi connectivity index (χ4v) is 3.94. The van der Waals surface area contributed by atoms with Gasteiger partial charge in [-0.1, -0.05) is 12.1 Å². The van der Waals surface area contributed by atoms with Crippen LogP contribution in [-0.4, -0.2) is 79.9 Å². The maximum atomic E-state index is 13.4. The van der Waals surface area contributed by atoms with Crippen LogP contribution < -0.4 is 0 Å². The number of halogens is 1. The zero-order valence-corrected chi connectivity index (χ0v) is 15.3. The summed E-state index contributed by atoms with van der Waals surface area (Å²) < 4.78 is 13.4. The highest BCUT2D eigenvalue weighted by Crippen LogP contribution is 2.21. The number of Topliss-reactive ketones (excluding diaryl/α,β-unsaturated/α-hetero) is 1. The van der Waals surface area contributed by atoms with Crippen molar-refractivity contribution in [3.05, 3.63) is 35.6 Å². The van der Waals surface area contributed by atoms with Crippen molar-refractivity contribution in [3.8, 4) is 0 Å². The number of nitrogens with zero attached hydrogens (tertiary/aromatic N) is 3. The SMILES string of the molecule is CN1CCN(CCCN2CCCC(C(=O)c3cccc(F)c3)C2)CC1. The van der Waals surface area contributed by atoms with Crippen molar-refractivity contribution in [2.75, 3.05) is 59.4 Å². The molecule has 1 aromatic carbocycles. The lowest BCUT2D eigenvalue weighted by molar-refractivity contribution is 0.0809. The van der Waals surface area contributed by atoms with E-state index in [1.807, 2.05) is 0 Å². The third-order valence-corrected chi connectivity index (χ3v) is 5.53. The van der Waals surface area contributed by atoms with E-state index >= 15 is 0 Å². The monoisotopic (exact) mass is 347 g/mol. The summed E-state index contributed by atoms with van der Waals surface area (Å²) in [6, 6.07) is 6.12. The number of likely N-dealkylation sites (N-methyl/N-ethyl adjacent to an activating group) is 1. The van der Waals surface area contributed by atoms with Crippen LogP contribution in [0.2, 0.25) is 0 Å². The number of hydrogen-bond donors (Lipinski definition) is 0. The Morgan fingerprint density at radius 1 is 1.12 bits per heavy atom. The second-order valence-electron chi connectivity index (χ2n) is 7.51. The molecule has 138 valence electrons. The topological polar surface area (TPSA) is 26.8 Å². The van der Waals surface area contributed by atoms with Gasteiger partial charge in [0.15, 0.2) is 5.78 Å². The highest BCUT2D eigenvalue weighted by atomic mass is 19.1. The molecule has 2 aliphatic heterocycles. The lowest BCUT2D eigenvalue weighted by Crippen LogP contribution is -2.45. The average molecular weight is 347 g/mol. The molecule has 2 heterocycles. The predicted molar refractivity (Wildman–Crippen MR) is 98.4 cm³/mol. The second kappa shape index (κ2) is 8.88. The van der Waals surface area contributed by atoms with E-state index in [9.17, 15) is 9.18 Å². The molecule has 0 bridgehead atoms. The molecule has 0 aliphatic carbocycles. The smallest absolute Gasteiger partial charge is 0.167 e. The first-order valence-electron chi connectivity index (χ1n) is 9.55. The number of piperazine rings is 1. The van der Waals surface area contributed by atoms with E-state index < -0.39 is 0 Å². The number of hydrogen-bond acceptors (Lipinski definition) is 4. The van der Waals surface area contributed by atoms with Crippen LogP contribution in [0.4, 0.5) is 4.39 Å². The zero-order chi connectivity index (χ0) is 17.6. The van der Waals surface area contributed by atoms with E-state index in [1.165, 1.54) is 12.1 Å². The normalized spacial score (nSPS) is 23.7. The molecule has 1 atom stereocenters. The Bertz CT molecular complexity index is 572. The van der Waals surface area contributed by atoms with Crippen molar-refractivity contribution < 1.29 is 9.18 Å². The second-order valence-corrected chi connectivity index (χ2v) is 7.51.